The van der Waals surface area contributed by atoms with E-state index in [9.17, 15) is 0 Å². The summed E-state index contributed by atoms with van der Waals surface area (Å²) in [5.41, 5.74) is 3.81. The van der Waals surface area contributed by atoms with Gasteiger partial charge in [0.05, 0.1) is 0 Å². The maximum Gasteiger partial charge on any atom is 0.0172 e. The van der Waals surface area contributed by atoms with E-state index >= 15 is 0 Å². The minimum Gasteiger partial charge on any atom is -0.300 e. The lowest BCUT2D eigenvalue weighted by atomic mass is 9.50. The second-order valence-corrected chi connectivity index (χ2v) is 7.49. The molecule has 0 N–H and O–H groups in total. The van der Waals surface area contributed by atoms with E-state index < -0.39 is 0 Å². The van der Waals surface area contributed by atoms with Crippen LogP contribution in [0.4, 0.5) is 0 Å². The molecule has 1 nitrogen and oxygen atoms in total. The summed E-state index contributed by atoms with van der Waals surface area (Å²) in [6.07, 6.45) is 6.91. The smallest absolute Gasteiger partial charge is 0.0172 e. The largest absolute Gasteiger partial charge is 0.300 e. The number of piperidine rings is 1. The molecule has 5 unspecified atom stereocenters. The van der Waals surface area contributed by atoms with Crippen molar-refractivity contribution < 1.29 is 0 Å². The molecule has 116 valence electrons. The highest BCUT2D eigenvalue weighted by molar-refractivity contribution is 5.85. The van der Waals surface area contributed by atoms with Gasteiger partial charge in [-0.2, -0.15) is 0 Å². The van der Waals surface area contributed by atoms with Crippen molar-refractivity contribution in [2.45, 2.75) is 63.5 Å². The highest BCUT2D eigenvalue weighted by Gasteiger charge is 2.55. The Morgan fingerprint density at radius 3 is 2.81 bits per heavy atom. The first-order valence-electron chi connectivity index (χ1n) is 8.47. The summed E-state index contributed by atoms with van der Waals surface area (Å²) in [4.78, 5) is 2.72. The predicted octanol–water partition coefficient (Wildman–Crippen LogP) is 4.43. The Labute approximate surface area is 135 Å². The summed E-state index contributed by atoms with van der Waals surface area (Å²) in [5, 5.41) is 0. The quantitative estimate of drug-likeness (QED) is 0.742. The Kier molecular flexibility index (Phi) is 3.86. The van der Waals surface area contributed by atoms with Gasteiger partial charge in [-0.05, 0) is 74.5 Å². The van der Waals surface area contributed by atoms with E-state index in [1.54, 1.807) is 11.1 Å². The molecule has 0 spiro atoms. The monoisotopic (exact) mass is 305 g/mol. The molecule has 5 atom stereocenters. The van der Waals surface area contributed by atoms with Gasteiger partial charge in [0, 0.05) is 12.1 Å². The van der Waals surface area contributed by atoms with Gasteiger partial charge in [0.2, 0.25) is 0 Å². The lowest BCUT2D eigenvalue weighted by Crippen LogP contribution is -2.63. The van der Waals surface area contributed by atoms with Crippen LogP contribution in [0.25, 0.3) is 0 Å². The van der Waals surface area contributed by atoms with Gasteiger partial charge in [-0.1, -0.05) is 31.2 Å². The standard InChI is InChI=1S/C19H27N.ClH/c1-4-19-10-9-14-11-17(19)18(20(3)13(14)2)12-15-7-5-6-8-16(15)19;/h5-8,13-14,17-18H,4,9-12H2,1-3H3;1H. The molecular weight excluding hydrogens is 278 g/mol. The third-order valence-corrected chi connectivity index (χ3v) is 7.15. The van der Waals surface area contributed by atoms with Crippen LogP contribution in [-0.4, -0.2) is 24.0 Å². The Bertz CT molecular complexity index is 528. The molecule has 0 amide bonds. The van der Waals surface area contributed by atoms with Gasteiger partial charge in [-0.3, -0.25) is 4.90 Å². The van der Waals surface area contributed by atoms with E-state index in [-0.39, 0.29) is 12.4 Å². The summed E-state index contributed by atoms with van der Waals surface area (Å²) < 4.78 is 0. The first-order chi connectivity index (χ1) is 9.67. The number of fused-ring (bicyclic) bond motifs is 3. The molecule has 3 aliphatic rings. The van der Waals surface area contributed by atoms with E-state index in [0.29, 0.717) is 5.41 Å². The highest BCUT2D eigenvalue weighted by Crippen LogP contribution is 2.57. The second kappa shape index (κ2) is 5.28. The van der Waals surface area contributed by atoms with E-state index in [1.165, 1.54) is 32.1 Å². The minimum absolute atomic E-state index is 0. The van der Waals surface area contributed by atoms with Gasteiger partial charge in [0.15, 0.2) is 0 Å². The first-order valence-corrected chi connectivity index (χ1v) is 8.47. The van der Waals surface area contributed by atoms with Gasteiger partial charge in [0.25, 0.3) is 0 Å². The fourth-order valence-corrected chi connectivity index (χ4v) is 5.84. The average molecular weight is 306 g/mol. The van der Waals surface area contributed by atoms with Crippen LogP contribution in [0.5, 0.6) is 0 Å². The fraction of sp³-hybridized carbons (Fsp3) is 0.684. The maximum atomic E-state index is 2.72. The first kappa shape index (κ1) is 15.4. The summed E-state index contributed by atoms with van der Waals surface area (Å²) in [6.45, 7) is 4.89. The van der Waals surface area contributed by atoms with Crippen LogP contribution < -0.4 is 0 Å². The zero-order valence-corrected chi connectivity index (χ0v) is 14.3. The molecule has 1 heterocycles. The van der Waals surface area contributed by atoms with Gasteiger partial charge < -0.3 is 0 Å². The summed E-state index contributed by atoms with van der Waals surface area (Å²) >= 11 is 0. The summed E-state index contributed by atoms with van der Waals surface area (Å²) in [7, 11) is 2.38. The molecule has 2 bridgehead atoms. The SMILES string of the molecule is CCC12CCC3CC1C(Cc1ccccc12)N(C)C3C.Cl. The third-order valence-electron chi connectivity index (χ3n) is 7.15. The van der Waals surface area contributed by atoms with Crippen molar-refractivity contribution in [3.05, 3.63) is 35.4 Å². The number of hydrogen-bond acceptors (Lipinski definition) is 1. The molecule has 4 rings (SSSR count). The average Bonchev–Trinajstić information content (AvgIpc) is 2.51. The molecule has 2 fully saturated rings. The third kappa shape index (κ3) is 1.93. The molecule has 1 aliphatic heterocycles. The number of likely N-dealkylation sites (tertiary alicyclic amines) is 1. The van der Waals surface area contributed by atoms with E-state index in [2.05, 4.69) is 50.1 Å². The van der Waals surface area contributed by atoms with Crippen LogP contribution in [0.2, 0.25) is 0 Å². The molecule has 2 aliphatic carbocycles. The minimum atomic E-state index is 0. The molecule has 0 aromatic heterocycles. The maximum absolute atomic E-state index is 2.72. The number of nitrogens with zero attached hydrogens (tertiary/aromatic N) is 1. The van der Waals surface area contributed by atoms with E-state index in [0.717, 1.165) is 23.9 Å². The predicted molar refractivity (Wildman–Crippen MR) is 91.2 cm³/mol. The molecule has 1 aromatic carbocycles. The van der Waals surface area contributed by atoms with Crippen molar-refractivity contribution in [2.75, 3.05) is 7.05 Å². The lowest BCUT2D eigenvalue weighted by Gasteiger charge is -2.61. The number of hydrogen-bond donors (Lipinski definition) is 0. The molecule has 2 heteroatoms. The lowest BCUT2D eigenvalue weighted by molar-refractivity contribution is -0.0552. The van der Waals surface area contributed by atoms with Crippen molar-refractivity contribution in [1.29, 1.82) is 0 Å². The van der Waals surface area contributed by atoms with Crippen molar-refractivity contribution in [2.24, 2.45) is 11.8 Å². The van der Waals surface area contributed by atoms with Gasteiger partial charge in [-0.15, -0.1) is 12.4 Å². The molecule has 1 aromatic rings. The van der Waals surface area contributed by atoms with Crippen molar-refractivity contribution in [3.8, 4) is 0 Å². The van der Waals surface area contributed by atoms with E-state index in [4.69, 9.17) is 0 Å². The van der Waals surface area contributed by atoms with Crippen molar-refractivity contribution in [3.63, 3.8) is 0 Å². The Balaban J connectivity index is 0.00000132. The molecule has 1 saturated heterocycles. The van der Waals surface area contributed by atoms with Gasteiger partial charge >= 0.3 is 0 Å². The summed E-state index contributed by atoms with van der Waals surface area (Å²) in [6, 6.07) is 10.9. The van der Waals surface area contributed by atoms with Crippen LogP contribution in [0, 0.1) is 11.8 Å². The highest BCUT2D eigenvalue weighted by atomic mass is 35.5. The molecule has 0 radical (unpaired) electrons. The van der Waals surface area contributed by atoms with Crippen molar-refractivity contribution >= 4 is 12.4 Å². The number of rotatable bonds is 1. The zero-order valence-electron chi connectivity index (χ0n) is 13.5. The van der Waals surface area contributed by atoms with Gasteiger partial charge in [0.1, 0.15) is 0 Å². The van der Waals surface area contributed by atoms with Crippen LogP contribution in [0.15, 0.2) is 24.3 Å². The van der Waals surface area contributed by atoms with Crippen molar-refractivity contribution in [1.82, 2.24) is 4.90 Å². The topological polar surface area (TPSA) is 3.24 Å². The van der Waals surface area contributed by atoms with Crippen LogP contribution >= 0.6 is 12.4 Å². The van der Waals surface area contributed by atoms with Crippen LogP contribution in [0.1, 0.15) is 50.7 Å². The zero-order chi connectivity index (χ0) is 13.9. The van der Waals surface area contributed by atoms with Crippen LogP contribution in [-0.2, 0) is 11.8 Å². The Morgan fingerprint density at radius 2 is 2.05 bits per heavy atom. The second-order valence-electron chi connectivity index (χ2n) is 7.49. The number of likely N-dealkylation sites (N-methyl/N-ethyl adjacent to an activating group) is 1. The number of halogens is 1. The normalized spacial score (nSPS) is 41.1. The Morgan fingerprint density at radius 1 is 1.29 bits per heavy atom. The van der Waals surface area contributed by atoms with Crippen LogP contribution in [0.3, 0.4) is 0 Å². The Hall–Kier alpha value is -0.530. The van der Waals surface area contributed by atoms with E-state index in [1.807, 2.05) is 0 Å². The molecule has 21 heavy (non-hydrogen) atoms. The van der Waals surface area contributed by atoms with Gasteiger partial charge in [-0.25, -0.2) is 0 Å². The summed E-state index contributed by atoms with van der Waals surface area (Å²) in [5.74, 6) is 1.83. The number of benzene rings is 1. The molecule has 1 saturated carbocycles. The fourth-order valence-electron chi connectivity index (χ4n) is 5.84. The molecular formula is C19H28ClN.